The Hall–Kier alpha value is -1.18. The fourth-order valence-corrected chi connectivity index (χ4v) is 2.78. The van der Waals surface area contributed by atoms with Crippen LogP contribution >= 0.6 is 0 Å². The summed E-state index contributed by atoms with van der Waals surface area (Å²) in [5.74, 6) is 0. The first-order valence-electron chi connectivity index (χ1n) is 7.44. The molecule has 1 aliphatic heterocycles. The summed E-state index contributed by atoms with van der Waals surface area (Å²) in [7, 11) is 0. The molecule has 1 aromatic rings. The van der Waals surface area contributed by atoms with Crippen molar-refractivity contribution in [3.8, 4) is 0 Å². The average molecular weight is 246 g/mol. The van der Waals surface area contributed by atoms with Crippen molar-refractivity contribution < 1.29 is 0 Å². The molecule has 2 N–H and O–H groups in total. The molecule has 0 atom stereocenters. The van der Waals surface area contributed by atoms with Gasteiger partial charge in [0.15, 0.2) is 0 Å². The molecule has 1 aromatic carbocycles. The third-order valence-corrected chi connectivity index (χ3v) is 3.88. The summed E-state index contributed by atoms with van der Waals surface area (Å²) in [6, 6.07) is 6.35. The van der Waals surface area contributed by atoms with Crippen LogP contribution in [0, 0.1) is 0 Å². The monoisotopic (exact) mass is 246 g/mol. The van der Waals surface area contributed by atoms with Gasteiger partial charge in [-0.1, -0.05) is 45.1 Å². The van der Waals surface area contributed by atoms with Gasteiger partial charge in [-0.05, 0) is 30.5 Å². The Bertz CT molecular complexity index is 373. The minimum Gasteiger partial charge on any atom is -0.399 e. The number of nitrogen functional groups attached to an aromatic ring is 1. The van der Waals surface area contributed by atoms with Crippen molar-refractivity contribution in [1.29, 1.82) is 0 Å². The minimum absolute atomic E-state index is 0.892. The number of hydrogen-bond donors (Lipinski definition) is 1. The molecule has 2 nitrogen and oxygen atoms in total. The van der Waals surface area contributed by atoms with Gasteiger partial charge >= 0.3 is 0 Å². The van der Waals surface area contributed by atoms with E-state index in [2.05, 4.69) is 24.0 Å². The SMILES string of the molecule is CCCCCCCCN1CCc2ccc(N)cc21. The van der Waals surface area contributed by atoms with Crippen LogP contribution in [0.4, 0.5) is 11.4 Å². The molecule has 0 saturated heterocycles. The van der Waals surface area contributed by atoms with Gasteiger partial charge in [-0.15, -0.1) is 0 Å². The van der Waals surface area contributed by atoms with Gasteiger partial charge in [0, 0.05) is 24.5 Å². The standard InChI is InChI=1S/C16H26N2/c1-2-3-4-5-6-7-11-18-12-10-14-8-9-15(17)13-16(14)18/h8-9,13H,2-7,10-12,17H2,1H3. The summed E-state index contributed by atoms with van der Waals surface area (Å²) >= 11 is 0. The van der Waals surface area contributed by atoms with Crippen molar-refractivity contribution in [1.82, 2.24) is 0 Å². The highest BCUT2D eigenvalue weighted by atomic mass is 15.1. The highest BCUT2D eigenvalue weighted by Crippen LogP contribution is 2.30. The maximum Gasteiger partial charge on any atom is 0.0420 e. The lowest BCUT2D eigenvalue weighted by molar-refractivity contribution is 0.602. The number of nitrogens with two attached hydrogens (primary N) is 1. The molecule has 0 saturated carbocycles. The quantitative estimate of drug-likeness (QED) is 0.582. The number of anilines is 2. The fraction of sp³-hybridized carbons (Fsp3) is 0.625. The first-order chi connectivity index (χ1) is 8.81. The molecule has 0 amide bonds. The molecule has 1 heterocycles. The Morgan fingerprint density at radius 1 is 1.11 bits per heavy atom. The van der Waals surface area contributed by atoms with E-state index in [1.54, 1.807) is 0 Å². The summed E-state index contributed by atoms with van der Waals surface area (Å²) in [4.78, 5) is 2.51. The van der Waals surface area contributed by atoms with Crippen LogP contribution in [-0.4, -0.2) is 13.1 Å². The highest BCUT2D eigenvalue weighted by Gasteiger charge is 2.18. The first kappa shape index (κ1) is 13.3. The second-order valence-corrected chi connectivity index (χ2v) is 5.39. The summed E-state index contributed by atoms with van der Waals surface area (Å²) < 4.78 is 0. The molecular formula is C16H26N2. The van der Waals surface area contributed by atoms with Crippen molar-refractivity contribution >= 4 is 11.4 Å². The molecule has 0 spiro atoms. The summed E-state index contributed by atoms with van der Waals surface area (Å²) in [6.45, 7) is 4.64. The molecule has 0 aliphatic carbocycles. The average Bonchev–Trinajstić information content (AvgIpc) is 2.76. The second-order valence-electron chi connectivity index (χ2n) is 5.39. The smallest absolute Gasteiger partial charge is 0.0420 e. The zero-order valence-electron chi connectivity index (χ0n) is 11.6. The van der Waals surface area contributed by atoms with E-state index in [-0.39, 0.29) is 0 Å². The predicted octanol–water partition coefficient (Wildman–Crippen LogP) is 3.99. The highest BCUT2D eigenvalue weighted by molar-refractivity contribution is 5.64. The van der Waals surface area contributed by atoms with E-state index in [0.717, 1.165) is 5.69 Å². The van der Waals surface area contributed by atoms with Gasteiger partial charge in [0.25, 0.3) is 0 Å². The van der Waals surface area contributed by atoms with E-state index < -0.39 is 0 Å². The number of hydrogen-bond acceptors (Lipinski definition) is 2. The second kappa shape index (κ2) is 6.67. The fourth-order valence-electron chi connectivity index (χ4n) is 2.78. The number of rotatable bonds is 7. The van der Waals surface area contributed by atoms with Crippen molar-refractivity contribution in [2.75, 3.05) is 23.7 Å². The van der Waals surface area contributed by atoms with Gasteiger partial charge in [0.05, 0.1) is 0 Å². The van der Waals surface area contributed by atoms with Crippen LogP contribution in [0.3, 0.4) is 0 Å². The molecule has 0 fully saturated rings. The van der Waals surface area contributed by atoms with E-state index >= 15 is 0 Å². The lowest BCUT2D eigenvalue weighted by Crippen LogP contribution is -2.21. The van der Waals surface area contributed by atoms with E-state index in [0.29, 0.717) is 0 Å². The Labute approximate surface area is 111 Å². The number of unbranched alkanes of at least 4 members (excludes halogenated alkanes) is 5. The topological polar surface area (TPSA) is 29.3 Å². The molecule has 2 rings (SSSR count). The van der Waals surface area contributed by atoms with Crippen LogP contribution in [0.2, 0.25) is 0 Å². The largest absolute Gasteiger partial charge is 0.399 e. The normalized spacial score (nSPS) is 13.9. The van der Waals surface area contributed by atoms with Crippen molar-refractivity contribution in [3.63, 3.8) is 0 Å². The Balaban J connectivity index is 1.74. The molecule has 0 radical (unpaired) electrons. The third kappa shape index (κ3) is 3.41. The molecule has 0 aromatic heterocycles. The molecule has 2 heteroatoms. The maximum atomic E-state index is 5.88. The van der Waals surface area contributed by atoms with Gasteiger partial charge in [-0.25, -0.2) is 0 Å². The van der Waals surface area contributed by atoms with E-state index in [9.17, 15) is 0 Å². The van der Waals surface area contributed by atoms with Crippen molar-refractivity contribution in [2.45, 2.75) is 51.9 Å². The first-order valence-corrected chi connectivity index (χ1v) is 7.44. The van der Waals surface area contributed by atoms with Crippen LogP contribution in [0.15, 0.2) is 18.2 Å². The lowest BCUT2D eigenvalue weighted by atomic mass is 10.1. The van der Waals surface area contributed by atoms with Crippen LogP contribution in [0.5, 0.6) is 0 Å². The van der Waals surface area contributed by atoms with Crippen LogP contribution < -0.4 is 10.6 Å². The van der Waals surface area contributed by atoms with Crippen LogP contribution in [-0.2, 0) is 6.42 Å². The van der Waals surface area contributed by atoms with E-state index in [1.807, 2.05) is 6.07 Å². The molecule has 18 heavy (non-hydrogen) atoms. The zero-order chi connectivity index (χ0) is 12.8. The van der Waals surface area contributed by atoms with E-state index in [1.165, 1.54) is 69.3 Å². The molecule has 0 unspecified atom stereocenters. The van der Waals surface area contributed by atoms with Gasteiger partial charge in [-0.2, -0.15) is 0 Å². The van der Waals surface area contributed by atoms with Gasteiger partial charge in [0.1, 0.15) is 0 Å². The number of nitrogens with zero attached hydrogens (tertiary/aromatic N) is 1. The Morgan fingerprint density at radius 3 is 2.72 bits per heavy atom. The third-order valence-electron chi connectivity index (χ3n) is 3.88. The van der Waals surface area contributed by atoms with E-state index in [4.69, 9.17) is 5.73 Å². The Morgan fingerprint density at radius 2 is 1.89 bits per heavy atom. The van der Waals surface area contributed by atoms with Gasteiger partial charge in [0.2, 0.25) is 0 Å². The van der Waals surface area contributed by atoms with Gasteiger partial charge < -0.3 is 10.6 Å². The molecule has 1 aliphatic rings. The lowest BCUT2D eigenvalue weighted by Gasteiger charge is -2.19. The van der Waals surface area contributed by atoms with Crippen LogP contribution in [0.25, 0.3) is 0 Å². The molecule has 100 valence electrons. The maximum absolute atomic E-state index is 5.88. The summed E-state index contributed by atoms with van der Waals surface area (Å²) in [5.41, 5.74) is 9.61. The van der Waals surface area contributed by atoms with Gasteiger partial charge in [-0.3, -0.25) is 0 Å². The molecule has 0 bridgehead atoms. The van der Waals surface area contributed by atoms with Crippen molar-refractivity contribution in [2.24, 2.45) is 0 Å². The zero-order valence-corrected chi connectivity index (χ0v) is 11.6. The predicted molar refractivity (Wildman–Crippen MR) is 80.1 cm³/mol. The van der Waals surface area contributed by atoms with Crippen molar-refractivity contribution in [3.05, 3.63) is 23.8 Å². The number of fused-ring (bicyclic) bond motifs is 1. The minimum atomic E-state index is 0.892. The summed E-state index contributed by atoms with van der Waals surface area (Å²) in [5, 5.41) is 0. The Kier molecular flexibility index (Phi) is 4.91. The van der Waals surface area contributed by atoms with Crippen LogP contribution in [0.1, 0.15) is 51.0 Å². The summed E-state index contributed by atoms with van der Waals surface area (Å²) in [6.07, 6.45) is 9.39. The molecular weight excluding hydrogens is 220 g/mol. The number of benzene rings is 1.